The highest BCUT2D eigenvalue weighted by Crippen LogP contribution is 2.28. The Labute approximate surface area is 128 Å². The minimum absolute atomic E-state index is 0.0894. The van der Waals surface area contributed by atoms with Crippen LogP contribution in [0, 0.1) is 5.92 Å². The molecule has 0 aromatic heterocycles. The number of carbonyl (C=O) groups excluding carboxylic acids is 1. The standard InChI is InChI=1S/C15H18ClNO4/c1-21-15(20)12-8-11(5-6-13(12)16)17-10-4-2-3-9(7-10)14(18)19/h5-6,8-10,17H,2-4,7H2,1H3,(H,18,19). The second kappa shape index (κ2) is 6.80. The van der Waals surface area contributed by atoms with E-state index in [1.165, 1.54) is 7.11 Å². The minimum Gasteiger partial charge on any atom is -0.481 e. The number of halogens is 1. The van der Waals surface area contributed by atoms with Crippen molar-refractivity contribution in [2.45, 2.75) is 31.7 Å². The first-order valence-electron chi connectivity index (χ1n) is 6.88. The number of aliphatic carboxylic acids is 1. The molecule has 21 heavy (non-hydrogen) atoms. The predicted octanol–water partition coefficient (Wildman–Crippen LogP) is 3.18. The molecule has 2 rings (SSSR count). The van der Waals surface area contributed by atoms with E-state index in [-0.39, 0.29) is 12.0 Å². The molecule has 1 aliphatic carbocycles. The van der Waals surface area contributed by atoms with Gasteiger partial charge in [-0.15, -0.1) is 0 Å². The van der Waals surface area contributed by atoms with Crippen LogP contribution in [0.1, 0.15) is 36.0 Å². The summed E-state index contributed by atoms with van der Waals surface area (Å²) in [6.45, 7) is 0. The molecule has 0 heterocycles. The Bertz CT molecular complexity index is 546. The van der Waals surface area contributed by atoms with E-state index in [4.69, 9.17) is 16.7 Å². The Hall–Kier alpha value is -1.75. The van der Waals surface area contributed by atoms with Crippen LogP contribution in [0.3, 0.4) is 0 Å². The lowest BCUT2D eigenvalue weighted by molar-refractivity contribution is -0.142. The van der Waals surface area contributed by atoms with Crippen molar-refractivity contribution in [2.24, 2.45) is 5.92 Å². The zero-order valence-corrected chi connectivity index (χ0v) is 12.5. The van der Waals surface area contributed by atoms with Gasteiger partial charge in [-0.3, -0.25) is 4.79 Å². The van der Waals surface area contributed by atoms with Gasteiger partial charge in [-0.25, -0.2) is 4.79 Å². The molecule has 1 fully saturated rings. The average Bonchev–Trinajstić information content (AvgIpc) is 2.48. The van der Waals surface area contributed by atoms with Gasteiger partial charge in [0, 0.05) is 11.7 Å². The third-order valence-electron chi connectivity index (χ3n) is 3.77. The van der Waals surface area contributed by atoms with E-state index in [1.54, 1.807) is 18.2 Å². The smallest absolute Gasteiger partial charge is 0.339 e. The monoisotopic (exact) mass is 311 g/mol. The van der Waals surface area contributed by atoms with E-state index in [9.17, 15) is 9.59 Å². The van der Waals surface area contributed by atoms with Crippen LogP contribution in [0.15, 0.2) is 18.2 Å². The summed E-state index contributed by atoms with van der Waals surface area (Å²) >= 11 is 5.97. The van der Waals surface area contributed by atoms with Gasteiger partial charge in [0.05, 0.1) is 23.6 Å². The number of rotatable bonds is 4. The van der Waals surface area contributed by atoms with Crippen LogP contribution in [0.2, 0.25) is 5.02 Å². The van der Waals surface area contributed by atoms with Crippen molar-refractivity contribution in [1.82, 2.24) is 0 Å². The van der Waals surface area contributed by atoms with E-state index in [0.717, 1.165) is 24.9 Å². The molecule has 2 N–H and O–H groups in total. The van der Waals surface area contributed by atoms with Crippen molar-refractivity contribution in [2.75, 3.05) is 12.4 Å². The van der Waals surface area contributed by atoms with Crippen LogP contribution < -0.4 is 5.32 Å². The molecule has 2 atom stereocenters. The number of carboxylic acid groups (broad SMARTS) is 1. The van der Waals surface area contributed by atoms with E-state index >= 15 is 0 Å². The van der Waals surface area contributed by atoms with E-state index in [2.05, 4.69) is 10.1 Å². The zero-order chi connectivity index (χ0) is 15.4. The Morgan fingerprint density at radius 3 is 2.81 bits per heavy atom. The number of benzene rings is 1. The molecule has 0 aliphatic heterocycles. The largest absolute Gasteiger partial charge is 0.481 e. The van der Waals surface area contributed by atoms with Crippen LogP contribution in [-0.4, -0.2) is 30.2 Å². The number of nitrogens with one attached hydrogen (secondary N) is 1. The molecule has 0 radical (unpaired) electrons. The van der Waals surface area contributed by atoms with Gasteiger partial charge in [-0.1, -0.05) is 18.0 Å². The molecule has 1 saturated carbocycles. The van der Waals surface area contributed by atoms with E-state index < -0.39 is 11.9 Å². The highest BCUT2D eigenvalue weighted by atomic mass is 35.5. The minimum atomic E-state index is -0.743. The summed E-state index contributed by atoms with van der Waals surface area (Å²) in [4.78, 5) is 22.7. The van der Waals surface area contributed by atoms with Crippen LogP contribution in [0.4, 0.5) is 5.69 Å². The maximum Gasteiger partial charge on any atom is 0.339 e. The number of esters is 1. The number of hydrogen-bond acceptors (Lipinski definition) is 4. The lowest BCUT2D eigenvalue weighted by Gasteiger charge is -2.28. The van der Waals surface area contributed by atoms with Gasteiger partial charge in [-0.05, 0) is 37.5 Å². The number of methoxy groups -OCH3 is 1. The van der Waals surface area contributed by atoms with E-state index in [0.29, 0.717) is 17.0 Å². The third-order valence-corrected chi connectivity index (χ3v) is 4.10. The van der Waals surface area contributed by atoms with Crippen molar-refractivity contribution >= 4 is 29.2 Å². The SMILES string of the molecule is COC(=O)c1cc(NC2CCCC(C(=O)O)C2)ccc1Cl. The predicted molar refractivity (Wildman–Crippen MR) is 79.8 cm³/mol. The summed E-state index contributed by atoms with van der Waals surface area (Å²) in [7, 11) is 1.30. The molecule has 0 saturated heterocycles. The highest BCUT2D eigenvalue weighted by Gasteiger charge is 2.27. The van der Waals surface area contributed by atoms with E-state index in [1.807, 2.05) is 0 Å². The fourth-order valence-electron chi connectivity index (χ4n) is 2.66. The average molecular weight is 312 g/mol. The van der Waals surface area contributed by atoms with Gasteiger partial charge >= 0.3 is 11.9 Å². The fraction of sp³-hybridized carbons (Fsp3) is 0.467. The van der Waals surface area contributed by atoms with Gasteiger partial charge in [0.2, 0.25) is 0 Å². The number of carbonyl (C=O) groups is 2. The molecule has 1 aliphatic rings. The van der Waals surface area contributed by atoms with Crippen molar-refractivity contribution in [3.05, 3.63) is 28.8 Å². The van der Waals surface area contributed by atoms with Gasteiger partial charge in [-0.2, -0.15) is 0 Å². The molecule has 0 bridgehead atoms. The normalized spacial score (nSPS) is 21.6. The first-order valence-corrected chi connectivity index (χ1v) is 7.26. The number of anilines is 1. The first kappa shape index (κ1) is 15.6. The summed E-state index contributed by atoms with van der Waals surface area (Å²) in [5.74, 6) is -1.54. The van der Waals surface area contributed by atoms with Gasteiger partial charge in [0.15, 0.2) is 0 Å². The van der Waals surface area contributed by atoms with Gasteiger partial charge in [0.1, 0.15) is 0 Å². The molecule has 114 valence electrons. The molecule has 0 spiro atoms. The second-order valence-corrected chi connectivity index (χ2v) is 5.64. The fourth-order valence-corrected chi connectivity index (χ4v) is 2.86. The molecule has 0 amide bonds. The first-order chi connectivity index (χ1) is 10.0. The topological polar surface area (TPSA) is 75.6 Å². The quantitative estimate of drug-likeness (QED) is 0.835. The molecule has 5 nitrogen and oxygen atoms in total. The van der Waals surface area contributed by atoms with Crippen molar-refractivity contribution in [3.8, 4) is 0 Å². The van der Waals surface area contributed by atoms with Crippen molar-refractivity contribution < 1.29 is 19.4 Å². The summed E-state index contributed by atoms with van der Waals surface area (Å²) < 4.78 is 4.68. The summed E-state index contributed by atoms with van der Waals surface area (Å²) in [6.07, 6.45) is 3.11. The lowest BCUT2D eigenvalue weighted by atomic mass is 9.85. The number of ether oxygens (including phenoxy) is 1. The Balaban J connectivity index is 2.09. The van der Waals surface area contributed by atoms with Crippen LogP contribution in [0.25, 0.3) is 0 Å². The number of carboxylic acids is 1. The maximum atomic E-state index is 11.6. The van der Waals surface area contributed by atoms with Gasteiger partial charge < -0.3 is 15.2 Å². The molecule has 1 aromatic carbocycles. The molecule has 2 unspecified atom stereocenters. The Kier molecular flexibility index (Phi) is 5.07. The van der Waals surface area contributed by atoms with Crippen molar-refractivity contribution in [1.29, 1.82) is 0 Å². The van der Waals surface area contributed by atoms with Crippen molar-refractivity contribution in [3.63, 3.8) is 0 Å². The highest BCUT2D eigenvalue weighted by molar-refractivity contribution is 6.33. The van der Waals surface area contributed by atoms with Crippen LogP contribution in [-0.2, 0) is 9.53 Å². The Morgan fingerprint density at radius 2 is 2.14 bits per heavy atom. The molecular formula is C15H18ClNO4. The zero-order valence-electron chi connectivity index (χ0n) is 11.8. The second-order valence-electron chi connectivity index (χ2n) is 5.23. The maximum absolute atomic E-state index is 11.6. The summed E-state index contributed by atoms with van der Waals surface area (Å²) in [5, 5.41) is 12.7. The summed E-state index contributed by atoms with van der Waals surface area (Å²) in [6, 6.07) is 5.14. The molecule has 1 aromatic rings. The number of hydrogen-bond donors (Lipinski definition) is 2. The Morgan fingerprint density at radius 1 is 1.38 bits per heavy atom. The molecule has 6 heteroatoms. The summed E-state index contributed by atoms with van der Waals surface area (Å²) in [5.41, 5.74) is 1.05. The van der Waals surface area contributed by atoms with Crippen LogP contribution >= 0.6 is 11.6 Å². The van der Waals surface area contributed by atoms with Gasteiger partial charge in [0.25, 0.3) is 0 Å². The lowest BCUT2D eigenvalue weighted by Crippen LogP contribution is -2.31. The third kappa shape index (κ3) is 3.88. The van der Waals surface area contributed by atoms with Crippen LogP contribution in [0.5, 0.6) is 0 Å². The molecular weight excluding hydrogens is 294 g/mol.